The number of rotatable bonds is 6. The number of nitrogens with one attached hydrogen (secondary N) is 2. The van der Waals surface area contributed by atoms with Crippen LogP contribution < -0.4 is 15.4 Å². The lowest BCUT2D eigenvalue weighted by atomic mass is 10.1. The van der Waals surface area contributed by atoms with Crippen molar-refractivity contribution in [3.05, 3.63) is 46.2 Å². The highest BCUT2D eigenvalue weighted by Gasteiger charge is 2.16. The van der Waals surface area contributed by atoms with Crippen LogP contribution in [0.2, 0.25) is 0 Å². The Kier molecular flexibility index (Phi) is 6.21. The largest absolute Gasteiger partial charge is 0.496 e. The van der Waals surface area contributed by atoms with Gasteiger partial charge in [0.1, 0.15) is 22.8 Å². The number of nitrogens with zero attached hydrogens (tertiary/aromatic N) is 1. The second-order valence-electron chi connectivity index (χ2n) is 5.76. The van der Waals surface area contributed by atoms with Crippen molar-refractivity contribution in [3.8, 4) is 5.75 Å². The van der Waals surface area contributed by atoms with Crippen molar-refractivity contribution in [1.29, 1.82) is 0 Å². The lowest BCUT2D eigenvalue weighted by Gasteiger charge is -2.13. The number of carbonyl (C=O) groups is 2. The minimum absolute atomic E-state index is 0.146. The molecule has 0 unspecified atom stereocenters. The molecule has 0 radical (unpaired) electrons. The SMILES string of the molecule is COC(=O)c1cc(CNC(=O)NCc2ncc(C)c(OC)c2C)oc1C. The highest BCUT2D eigenvalue weighted by Crippen LogP contribution is 2.23. The van der Waals surface area contributed by atoms with Gasteiger partial charge < -0.3 is 24.5 Å². The second kappa shape index (κ2) is 8.37. The first-order chi connectivity index (χ1) is 12.4. The molecule has 0 fully saturated rings. The zero-order valence-electron chi connectivity index (χ0n) is 15.6. The van der Waals surface area contributed by atoms with Gasteiger partial charge in [-0.3, -0.25) is 4.98 Å². The van der Waals surface area contributed by atoms with Gasteiger partial charge in [-0.1, -0.05) is 0 Å². The van der Waals surface area contributed by atoms with E-state index in [1.807, 2.05) is 13.8 Å². The minimum Gasteiger partial charge on any atom is -0.496 e. The molecule has 0 bridgehead atoms. The molecule has 2 heterocycles. The quantitative estimate of drug-likeness (QED) is 0.766. The molecule has 0 saturated heterocycles. The molecule has 0 atom stereocenters. The Morgan fingerprint density at radius 1 is 1.15 bits per heavy atom. The number of methoxy groups -OCH3 is 2. The van der Waals surface area contributed by atoms with E-state index in [0.717, 1.165) is 22.6 Å². The predicted molar refractivity (Wildman–Crippen MR) is 94.1 cm³/mol. The summed E-state index contributed by atoms with van der Waals surface area (Å²) in [4.78, 5) is 27.9. The minimum atomic E-state index is -0.475. The lowest BCUT2D eigenvalue weighted by Crippen LogP contribution is -2.34. The summed E-state index contributed by atoms with van der Waals surface area (Å²) in [6, 6.07) is 1.18. The van der Waals surface area contributed by atoms with Crippen molar-refractivity contribution in [2.24, 2.45) is 0 Å². The Hall–Kier alpha value is -3.03. The Balaban J connectivity index is 1.91. The molecule has 2 aromatic heterocycles. The Morgan fingerprint density at radius 2 is 1.85 bits per heavy atom. The number of esters is 1. The third kappa shape index (κ3) is 4.33. The fourth-order valence-electron chi connectivity index (χ4n) is 2.59. The summed E-state index contributed by atoms with van der Waals surface area (Å²) in [6.07, 6.45) is 1.71. The number of pyridine rings is 1. The average molecular weight is 361 g/mol. The van der Waals surface area contributed by atoms with Crippen molar-refractivity contribution in [1.82, 2.24) is 15.6 Å². The molecule has 2 N–H and O–H groups in total. The van der Waals surface area contributed by atoms with E-state index < -0.39 is 5.97 Å². The van der Waals surface area contributed by atoms with E-state index in [9.17, 15) is 9.59 Å². The maximum atomic E-state index is 12.0. The average Bonchev–Trinajstić information content (AvgIpc) is 3.00. The van der Waals surface area contributed by atoms with Gasteiger partial charge in [0.15, 0.2) is 0 Å². The number of ether oxygens (including phenoxy) is 2. The fourth-order valence-corrected chi connectivity index (χ4v) is 2.59. The molecule has 0 spiro atoms. The van der Waals surface area contributed by atoms with Gasteiger partial charge in [-0.15, -0.1) is 0 Å². The molecule has 0 aromatic carbocycles. The van der Waals surface area contributed by atoms with E-state index in [4.69, 9.17) is 9.15 Å². The number of aromatic nitrogens is 1. The van der Waals surface area contributed by atoms with Crippen LogP contribution in [0.25, 0.3) is 0 Å². The number of hydrogen-bond acceptors (Lipinski definition) is 6. The van der Waals surface area contributed by atoms with E-state index >= 15 is 0 Å². The summed E-state index contributed by atoms with van der Waals surface area (Å²) in [5.41, 5.74) is 2.89. The number of amides is 2. The molecular weight excluding hydrogens is 338 g/mol. The zero-order chi connectivity index (χ0) is 19.3. The van der Waals surface area contributed by atoms with Crippen LogP contribution in [0.3, 0.4) is 0 Å². The van der Waals surface area contributed by atoms with Crippen LogP contribution in [0.4, 0.5) is 4.79 Å². The maximum absolute atomic E-state index is 12.0. The first kappa shape index (κ1) is 19.3. The topological polar surface area (TPSA) is 103 Å². The molecule has 26 heavy (non-hydrogen) atoms. The number of aryl methyl sites for hydroxylation is 2. The van der Waals surface area contributed by atoms with Gasteiger partial charge in [0.05, 0.1) is 33.0 Å². The van der Waals surface area contributed by atoms with Gasteiger partial charge >= 0.3 is 12.0 Å². The highest BCUT2D eigenvalue weighted by molar-refractivity contribution is 5.90. The summed E-state index contributed by atoms with van der Waals surface area (Å²) in [7, 11) is 2.91. The number of furan rings is 1. The molecule has 0 aliphatic carbocycles. The maximum Gasteiger partial charge on any atom is 0.341 e. The molecule has 0 saturated carbocycles. The van der Waals surface area contributed by atoms with E-state index in [0.29, 0.717) is 17.1 Å². The van der Waals surface area contributed by atoms with Crippen LogP contribution in [0.5, 0.6) is 5.75 Å². The van der Waals surface area contributed by atoms with Crippen LogP contribution in [0.15, 0.2) is 16.7 Å². The third-order valence-corrected chi connectivity index (χ3v) is 3.96. The summed E-state index contributed by atoms with van der Waals surface area (Å²) in [5.74, 6) is 1.19. The van der Waals surface area contributed by atoms with E-state index in [-0.39, 0.29) is 19.1 Å². The fraction of sp³-hybridized carbons (Fsp3) is 0.389. The molecule has 2 amide bonds. The standard InChI is InChI=1S/C18H23N3O5/c1-10-7-19-15(11(2)16(10)24-4)9-21-18(23)20-8-13-6-14(12(3)26-13)17(22)25-5/h6-7H,8-9H2,1-5H3,(H2,20,21,23). The second-order valence-corrected chi connectivity index (χ2v) is 5.76. The van der Waals surface area contributed by atoms with Crippen molar-refractivity contribution in [2.75, 3.05) is 14.2 Å². The molecule has 2 rings (SSSR count). The third-order valence-electron chi connectivity index (χ3n) is 3.96. The summed E-state index contributed by atoms with van der Waals surface area (Å²) < 4.78 is 15.5. The predicted octanol–water partition coefficient (Wildman–Crippen LogP) is 2.39. The van der Waals surface area contributed by atoms with Gasteiger partial charge in [-0.25, -0.2) is 9.59 Å². The van der Waals surface area contributed by atoms with E-state index in [2.05, 4.69) is 20.4 Å². The van der Waals surface area contributed by atoms with Crippen molar-refractivity contribution >= 4 is 12.0 Å². The van der Waals surface area contributed by atoms with Gasteiger partial charge in [-0.2, -0.15) is 0 Å². The highest BCUT2D eigenvalue weighted by atomic mass is 16.5. The smallest absolute Gasteiger partial charge is 0.341 e. The Morgan fingerprint density at radius 3 is 2.50 bits per heavy atom. The molecule has 2 aromatic rings. The molecule has 140 valence electrons. The van der Waals surface area contributed by atoms with Crippen molar-refractivity contribution in [3.63, 3.8) is 0 Å². The van der Waals surface area contributed by atoms with E-state index in [1.54, 1.807) is 26.3 Å². The first-order valence-electron chi connectivity index (χ1n) is 8.05. The van der Waals surface area contributed by atoms with Gasteiger partial charge in [0.2, 0.25) is 0 Å². The molecule has 8 nitrogen and oxygen atoms in total. The van der Waals surface area contributed by atoms with Crippen LogP contribution in [0, 0.1) is 20.8 Å². The molecule has 0 aliphatic rings. The summed E-state index contributed by atoms with van der Waals surface area (Å²) in [6.45, 7) is 5.88. The van der Waals surface area contributed by atoms with Gasteiger partial charge in [-0.05, 0) is 26.8 Å². The molecule has 0 aliphatic heterocycles. The number of urea groups is 1. The Labute approximate surface area is 151 Å². The summed E-state index contributed by atoms with van der Waals surface area (Å²) >= 11 is 0. The van der Waals surface area contributed by atoms with Gasteiger partial charge in [0, 0.05) is 17.3 Å². The zero-order valence-corrected chi connectivity index (χ0v) is 15.6. The van der Waals surface area contributed by atoms with Crippen LogP contribution >= 0.6 is 0 Å². The van der Waals surface area contributed by atoms with Crippen LogP contribution in [-0.2, 0) is 17.8 Å². The van der Waals surface area contributed by atoms with Crippen molar-refractivity contribution < 1.29 is 23.5 Å². The first-order valence-corrected chi connectivity index (χ1v) is 8.05. The molecule has 8 heteroatoms. The van der Waals surface area contributed by atoms with Gasteiger partial charge in [0.25, 0.3) is 0 Å². The van der Waals surface area contributed by atoms with E-state index in [1.165, 1.54) is 7.11 Å². The molecular formula is C18H23N3O5. The Bertz CT molecular complexity index is 813. The van der Waals surface area contributed by atoms with Crippen LogP contribution in [-0.4, -0.2) is 31.2 Å². The lowest BCUT2D eigenvalue weighted by molar-refractivity contribution is 0.0598. The van der Waals surface area contributed by atoms with Crippen molar-refractivity contribution in [2.45, 2.75) is 33.9 Å². The normalized spacial score (nSPS) is 10.3. The summed E-state index contributed by atoms with van der Waals surface area (Å²) in [5, 5.41) is 5.41. The number of carbonyl (C=O) groups excluding carboxylic acids is 2. The van der Waals surface area contributed by atoms with Crippen LogP contribution in [0.1, 0.15) is 38.7 Å². The number of hydrogen-bond donors (Lipinski definition) is 2. The monoisotopic (exact) mass is 361 g/mol.